The number of sulfone groups is 1. The molecule has 0 unspecified atom stereocenters. The molecule has 186 valence electrons. The highest BCUT2D eigenvalue weighted by atomic mass is 32.2. The third kappa shape index (κ3) is 3.32. The summed E-state index contributed by atoms with van der Waals surface area (Å²) in [6.45, 7) is 2.16. The van der Waals surface area contributed by atoms with Crippen LogP contribution in [0.15, 0.2) is 69.2 Å². The number of aromatic hydroxyl groups is 1. The Labute approximate surface area is 210 Å². The Morgan fingerprint density at radius 2 is 1.83 bits per heavy atom. The summed E-state index contributed by atoms with van der Waals surface area (Å²) in [5.74, 6) is 1.39. The Morgan fingerprint density at radius 3 is 2.61 bits per heavy atom. The first kappa shape index (κ1) is 22.3. The van der Waals surface area contributed by atoms with E-state index in [1.165, 1.54) is 36.1 Å². The van der Waals surface area contributed by atoms with Crippen molar-refractivity contribution in [2.75, 3.05) is 13.1 Å². The number of nitrogens with one attached hydrogen (secondary N) is 1. The molecule has 1 saturated heterocycles. The number of hydrogen-bond donors (Lipinski definition) is 2. The largest absolute Gasteiger partial charge is 0.508 e. The molecule has 2 aromatic carbocycles. The molecule has 2 fully saturated rings. The van der Waals surface area contributed by atoms with Gasteiger partial charge in [-0.05, 0) is 104 Å². The summed E-state index contributed by atoms with van der Waals surface area (Å²) < 4.78 is 26.7. The highest BCUT2D eigenvalue weighted by molar-refractivity contribution is 7.91. The SMILES string of the molecule is O=c1[nH]c2c(cc1S(=O)(=O)c1ccccc1)C[C@H]1[C@H]3Cc4ccc(O)cc4[C@@]1(CCN3CC1CC1)C2. The van der Waals surface area contributed by atoms with E-state index in [9.17, 15) is 18.3 Å². The summed E-state index contributed by atoms with van der Waals surface area (Å²) >= 11 is 0. The normalized spacial score (nSPS) is 27.1. The van der Waals surface area contributed by atoms with E-state index in [-0.39, 0.29) is 21.0 Å². The Hall–Kier alpha value is -2.90. The smallest absolute Gasteiger partial charge is 0.267 e. The third-order valence-electron chi connectivity index (χ3n) is 9.19. The summed E-state index contributed by atoms with van der Waals surface area (Å²) in [5, 5.41) is 10.4. The van der Waals surface area contributed by atoms with Crippen molar-refractivity contribution in [3.05, 3.63) is 87.3 Å². The molecule has 3 atom stereocenters. The van der Waals surface area contributed by atoms with Gasteiger partial charge in [-0.25, -0.2) is 8.42 Å². The lowest BCUT2D eigenvalue weighted by molar-refractivity contribution is 0.00453. The van der Waals surface area contributed by atoms with Crippen LogP contribution in [0, 0.1) is 11.8 Å². The number of fused-ring (bicyclic) bond motifs is 2. The van der Waals surface area contributed by atoms with E-state index >= 15 is 0 Å². The first-order chi connectivity index (χ1) is 17.3. The highest BCUT2D eigenvalue weighted by Crippen LogP contribution is 2.55. The standard InChI is InChI=1S/C29H30N2O4S/c32-21-9-8-19-13-26-24-12-20-14-27(36(34,35)22-4-2-1-3-5-22)28(33)30-25(20)16-29(24,23(19)15-21)10-11-31(26)17-18-6-7-18/h1-5,8-9,14-15,18,24,26,32H,6-7,10-13,16-17H2,(H,30,33)/t24-,26+,29+/m0/s1. The van der Waals surface area contributed by atoms with Gasteiger partial charge < -0.3 is 10.1 Å². The number of phenolic OH excluding ortho intramolecular Hbond substituents is 1. The number of likely N-dealkylation sites (tertiary alicyclic amines) is 1. The quantitative estimate of drug-likeness (QED) is 0.569. The molecule has 2 bridgehead atoms. The van der Waals surface area contributed by atoms with Crippen LogP contribution in [0.25, 0.3) is 0 Å². The summed E-state index contributed by atoms with van der Waals surface area (Å²) in [7, 11) is -3.91. The Balaban J connectivity index is 1.35. The van der Waals surface area contributed by atoms with E-state index < -0.39 is 15.4 Å². The van der Waals surface area contributed by atoms with Crippen LogP contribution in [-0.2, 0) is 34.5 Å². The highest BCUT2D eigenvalue weighted by Gasteiger charge is 2.55. The van der Waals surface area contributed by atoms with Crippen LogP contribution in [0.4, 0.5) is 0 Å². The first-order valence-electron chi connectivity index (χ1n) is 13.0. The minimum atomic E-state index is -3.91. The fraction of sp³-hybridized carbons (Fsp3) is 0.414. The lowest BCUT2D eigenvalue weighted by atomic mass is 9.52. The number of aromatic nitrogens is 1. The second-order valence-electron chi connectivity index (χ2n) is 11.2. The van der Waals surface area contributed by atoms with Gasteiger partial charge in [0.2, 0.25) is 9.84 Å². The maximum absolute atomic E-state index is 13.3. The maximum atomic E-state index is 13.3. The van der Waals surface area contributed by atoms with Gasteiger partial charge in [0, 0.05) is 23.7 Å². The van der Waals surface area contributed by atoms with Crippen LogP contribution < -0.4 is 5.56 Å². The number of H-pyrrole nitrogens is 1. The molecule has 6 nitrogen and oxygen atoms in total. The number of pyridine rings is 1. The van der Waals surface area contributed by atoms with Gasteiger partial charge in [0.15, 0.2) is 0 Å². The molecular formula is C29H30N2O4S. The molecule has 0 amide bonds. The van der Waals surface area contributed by atoms with Crippen molar-refractivity contribution < 1.29 is 13.5 Å². The van der Waals surface area contributed by atoms with Crippen LogP contribution in [-0.4, -0.2) is 42.5 Å². The van der Waals surface area contributed by atoms with E-state index in [0.29, 0.717) is 18.4 Å². The molecular weight excluding hydrogens is 472 g/mol. The summed E-state index contributed by atoms with van der Waals surface area (Å²) in [6.07, 6.45) is 5.94. The van der Waals surface area contributed by atoms with Gasteiger partial charge in [0.25, 0.3) is 5.56 Å². The second kappa shape index (κ2) is 7.80. The number of piperidine rings is 1. The molecule has 7 heteroatoms. The van der Waals surface area contributed by atoms with Crippen molar-refractivity contribution in [2.24, 2.45) is 11.8 Å². The van der Waals surface area contributed by atoms with Crippen molar-refractivity contribution in [1.82, 2.24) is 9.88 Å². The molecule has 2 heterocycles. The van der Waals surface area contributed by atoms with E-state index in [1.807, 2.05) is 6.07 Å². The fourth-order valence-electron chi connectivity index (χ4n) is 7.27. The van der Waals surface area contributed by atoms with Gasteiger partial charge in [0.1, 0.15) is 10.6 Å². The topological polar surface area (TPSA) is 90.5 Å². The molecule has 3 aliphatic carbocycles. The predicted octanol–water partition coefficient (Wildman–Crippen LogP) is 3.61. The van der Waals surface area contributed by atoms with Crippen LogP contribution in [0.2, 0.25) is 0 Å². The number of nitrogens with zero attached hydrogens (tertiary/aromatic N) is 1. The lowest BCUT2D eigenvalue weighted by Gasteiger charge is -2.59. The van der Waals surface area contributed by atoms with E-state index in [0.717, 1.165) is 49.5 Å². The lowest BCUT2D eigenvalue weighted by Crippen LogP contribution is -2.63. The number of hydrogen-bond acceptors (Lipinski definition) is 5. The summed E-state index contributed by atoms with van der Waals surface area (Å²) in [6, 6.07) is 16.0. The minimum absolute atomic E-state index is 0.136. The molecule has 36 heavy (non-hydrogen) atoms. The monoisotopic (exact) mass is 502 g/mol. The zero-order chi connectivity index (χ0) is 24.7. The van der Waals surface area contributed by atoms with Crippen LogP contribution in [0.1, 0.15) is 41.6 Å². The molecule has 2 N–H and O–H groups in total. The first-order valence-corrected chi connectivity index (χ1v) is 14.5. The molecule has 4 aliphatic rings. The average molecular weight is 503 g/mol. The zero-order valence-corrected chi connectivity index (χ0v) is 20.9. The van der Waals surface area contributed by atoms with Gasteiger partial charge >= 0.3 is 0 Å². The minimum Gasteiger partial charge on any atom is -0.508 e. The third-order valence-corrected chi connectivity index (χ3v) is 11.0. The van der Waals surface area contributed by atoms with Gasteiger partial charge in [-0.1, -0.05) is 24.3 Å². The second-order valence-corrected chi connectivity index (χ2v) is 13.1. The average Bonchev–Trinajstić information content (AvgIpc) is 3.69. The van der Waals surface area contributed by atoms with Crippen molar-refractivity contribution in [2.45, 2.75) is 59.8 Å². The van der Waals surface area contributed by atoms with Gasteiger partial charge in [-0.3, -0.25) is 9.69 Å². The van der Waals surface area contributed by atoms with E-state index in [2.05, 4.69) is 16.0 Å². The molecule has 3 aromatic rings. The molecule has 1 aromatic heterocycles. The van der Waals surface area contributed by atoms with Crippen LogP contribution in [0.5, 0.6) is 5.75 Å². The van der Waals surface area contributed by atoms with E-state index in [4.69, 9.17) is 0 Å². The van der Waals surface area contributed by atoms with Gasteiger partial charge in [0.05, 0.1) is 4.90 Å². The van der Waals surface area contributed by atoms with Crippen molar-refractivity contribution in [3.63, 3.8) is 0 Å². The maximum Gasteiger partial charge on any atom is 0.267 e. The number of aromatic amines is 1. The Morgan fingerprint density at radius 1 is 1.03 bits per heavy atom. The molecule has 7 rings (SSSR count). The van der Waals surface area contributed by atoms with Crippen molar-refractivity contribution in [1.29, 1.82) is 0 Å². The Kier molecular flexibility index (Phi) is 4.83. The zero-order valence-electron chi connectivity index (χ0n) is 20.1. The van der Waals surface area contributed by atoms with Gasteiger partial charge in [-0.2, -0.15) is 0 Å². The van der Waals surface area contributed by atoms with Crippen molar-refractivity contribution >= 4 is 9.84 Å². The number of phenols is 1. The molecule has 1 aliphatic heterocycles. The van der Waals surface area contributed by atoms with Crippen molar-refractivity contribution in [3.8, 4) is 5.75 Å². The predicted molar refractivity (Wildman–Crippen MR) is 136 cm³/mol. The number of benzene rings is 2. The van der Waals surface area contributed by atoms with Gasteiger partial charge in [-0.15, -0.1) is 0 Å². The Bertz CT molecular complexity index is 1530. The fourth-order valence-corrected chi connectivity index (χ4v) is 8.63. The number of rotatable bonds is 4. The summed E-state index contributed by atoms with van der Waals surface area (Å²) in [5.41, 5.74) is 3.57. The molecule has 1 saturated carbocycles. The van der Waals surface area contributed by atoms with Crippen LogP contribution in [0.3, 0.4) is 0 Å². The molecule has 0 spiro atoms. The van der Waals surface area contributed by atoms with E-state index in [1.54, 1.807) is 30.3 Å². The molecule has 0 radical (unpaired) electrons. The van der Waals surface area contributed by atoms with Crippen LogP contribution >= 0.6 is 0 Å². The summed E-state index contributed by atoms with van der Waals surface area (Å²) in [4.78, 5) is 18.8.